The van der Waals surface area contributed by atoms with Gasteiger partial charge in [-0.05, 0) is 19.1 Å². The van der Waals surface area contributed by atoms with Crippen molar-refractivity contribution >= 4 is 11.5 Å². The molecular formula is C9H7F2NO4. The topological polar surface area (TPSA) is 80.4 Å². The fourth-order valence-corrected chi connectivity index (χ4v) is 1.28. The van der Waals surface area contributed by atoms with E-state index in [1.54, 1.807) is 0 Å². The summed E-state index contributed by atoms with van der Waals surface area (Å²) in [5, 5.41) is 19.7. The number of ketones is 1. The molecule has 1 aromatic carbocycles. The van der Waals surface area contributed by atoms with Crippen molar-refractivity contribution in [2.24, 2.45) is 0 Å². The Morgan fingerprint density at radius 2 is 2.06 bits per heavy atom. The van der Waals surface area contributed by atoms with Gasteiger partial charge in [-0.2, -0.15) is 0 Å². The Bertz CT molecular complexity index is 459. The lowest BCUT2D eigenvalue weighted by Gasteiger charge is -2.06. The van der Waals surface area contributed by atoms with Crippen LogP contribution in [0.1, 0.15) is 29.3 Å². The first kappa shape index (κ1) is 12.0. The van der Waals surface area contributed by atoms with Gasteiger partial charge in [-0.25, -0.2) is 8.78 Å². The predicted octanol–water partition coefficient (Wildman–Crippen LogP) is 2.44. The molecule has 5 nitrogen and oxygen atoms in total. The van der Waals surface area contributed by atoms with Crippen LogP contribution in [0.5, 0.6) is 5.75 Å². The Hall–Kier alpha value is -2.05. The second-order valence-electron chi connectivity index (χ2n) is 3.05. The molecule has 1 aromatic rings. The lowest BCUT2D eigenvalue weighted by molar-refractivity contribution is -0.386. The van der Waals surface area contributed by atoms with Crippen molar-refractivity contribution in [1.29, 1.82) is 0 Å². The molecule has 16 heavy (non-hydrogen) atoms. The van der Waals surface area contributed by atoms with Crippen LogP contribution in [-0.4, -0.2) is 15.8 Å². The van der Waals surface area contributed by atoms with Gasteiger partial charge < -0.3 is 5.11 Å². The molecule has 7 heteroatoms. The lowest BCUT2D eigenvalue weighted by atomic mass is 10.0. The quantitative estimate of drug-likeness (QED) is 0.492. The van der Waals surface area contributed by atoms with E-state index in [1.807, 2.05) is 0 Å². The van der Waals surface area contributed by atoms with Crippen LogP contribution in [0.25, 0.3) is 0 Å². The van der Waals surface area contributed by atoms with Crippen molar-refractivity contribution in [3.8, 4) is 5.75 Å². The Balaban J connectivity index is 3.60. The van der Waals surface area contributed by atoms with E-state index in [0.717, 1.165) is 13.0 Å². The molecule has 0 unspecified atom stereocenters. The largest absolute Gasteiger partial charge is 0.508 e. The minimum absolute atomic E-state index is 0.527. The molecule has 0 aliphatic heterocycles. The highest BCUT2D eigenvalue weighted by molar-refractivity contribution is 5.99. The van der Waals surface area contributed by atoms with E-state index in [4.69, 9.17) is 5.11 Å². The molecule has 86 valence electrons. The van der Waals surface area contributed by atoms with Crippen molar-refractivity contribution in [1.82, 2.24) is 0 Å². The number of benzene rings is 1. The Morgan fingerprint density at radius 3 is 2.44 bits per heavy atom. The molecule has 1 rings (SSSR count). The number of Topliss-reactive ketones (excluding diaryl/α,β-unsaturated/α-hetero) is 1. The number of nitrogens with zero attached hydrogens (tertiary/aromatic N) is 1. The van der Waals surface area contributed by atoms with E-state index in [-0.39, 0.29) is 0 Å². The maximum absolute atomic E-state index is 12.5. The van der Waals surface area contributed by atoms with Gasteiger partial charge in [0.25, 0.3) is 12.1 Å². The minimum Gasteiger partial charge on any atom is -0.508 e. The fraction of sp³-hybridized carbons (Fsp3) is 0.222. The average Bonchev–Trinajstić information content (AvgIpc) is 2.15. The Labute approximate surface area is 88.5 Å². The number of halogens is 2. The number of aromatic hydroxyl groups is 1. The lowest BCUT2D eigenvalue weighted by Crippen LogP contribution is -2.04. The van der Waals surface area contributed by atoms with Gasteiger partial charge >= 0.3 is 0 Å². The van der Waals surface area contributed by atoms with E-state index < -0.39 is 39.7 Å². The number of carbonyl (C=O) groups excluding carboxylic acids is 1. The van der Waals surface area contributed by atoms with Gasteiger partial charge in [-0.3, -0.25) is 14.9 Å². The molecule has 0 aliphatic carbocycles. The highest BCUT2D eigenvalue weighted by atomic mass is 19.3. The van der Waals surface area contributed by atoms with Gasteiger partial charge in [-0.1, -0.05) is 0 Å². The number of alkyl halides is 2. The Kier molecular flexibility index (Phi) is 3.17. The van der Waals surface area contributed by atoms with Crippen molar-refractivity contribution in [2.75, 3.05) is 0 Å². The highest BCUT2D eigenvalue weighted by Gasteiger charge is 2.28. The second kappa shape index (κ2) is 4.21. The maximum atomic E-state index is 12.5. The van der Waals surface area contributed by atoms with Crippen LogP contribution in [0.15, 0.2) is 12.1 Å². The first-order valence-electron chi connectivity index (χ1n) is 4.15. The van der Waals surface area contributed by atoms with E-state index in [9.17, 15) is 23.7 Å². The molecule has 0 saturated heterocycles. The average molecular weight is 231 g/mol. The fourth-order valence-electron chi connectivity index (χ4n) is 1.28. The van der Waals surface area contributed by atoms with Crippen LogP contribution < -0.4 is 0 Å². The van der Waals surface area contributed by atoms with Gasteiger partial charge in [0.1, 0.15) is 5.75 Å². The molecule has 0 bridgehead atoms. The van der Waals surface area contributed by atoms with E-state index >= 15 is 0 Å². The molecule has 0 fully saturated rings. The number of phenols is 1. The number of nitro groups is 1. The summed E-state index contributed by atoms with van der Waals surface area (Å²) < 4.78 is 25.0. The number of carbonyl (C=O) groups is 1. The number of hydrogen-bond acceptors (Lipinski definition) is 4. The van der Waals surface area contributed by atoms with Crippen LogP contribution in [-0.2, 0) is 0 Å². The maximum Gasteiger partial charge on any atom is 0.289 e. The zero-order valence-corrected chi connectivity index (χ0v) is 8.11. The van der Waals surface area contributed by atoms with Crippen LogP contribution in [0.4, 0.5) is 14.5 Å². The third-order valence-electron chi connectivity index (χ3n) is 1.92. The summed E-state index contributed by atoms with van der Waals surface area (Å²) in [7, 11) is 0. The number of phenolic OH excluding ortho intramolecular Hbond substituents is 1. The van der Waals surface area contributed by atoms with Gasteiger partial charge in [0.2, 0.25) is 0 Å². The molecule has 0 aromatic heterocycles. The monoisotopic (exact) mass is 231 g/mol. The standard InChI is InChI=1S/C9H7F2NO4/c1-4(13)6-2-5(14)3-7(9(10)11)8(6)12(15)16/h2-3,9,14H,1H3. The Morgan fingerprint density at radius 1 is 1.50 bits per heavy atom. The van der Waals surface area contributed by atoms with Crippen LogP contribution >= 0.6 is 0 Å². The molecule has 0 spiro atoms. The summed E-state index contributed by atoms with van der Waals surface area (Å²) in [6.07, 6.45) is -3.13. The highest BCUT2D eigenvalue weighted by Crippen LogP contribution is 2.35. The smallest absolute Gasteiger partial charge is 0.289 e. The van der Waals surface area contributed by atoms with Crippen LogP contribution in [0.3, 0.4) is 0 Å². The zero-order valence-electron chi connectivity index (χ0n) is 8.11. The van der Waals surface area contributed by atoms with Crippen molar-refractivity contribution in [3.63, 3.8) is 0 Å². The second-order valence-corrected chi connectivity index (χ2v) is 3.05. The van der Waals surface area contributed by atoms with Gasteiger partial charge in [0.15, 0.2) is 5.78 Å². The van der Waals surface area contributed by atoms with Crippen LogP contribution in [0, 0.1) is 10.1 Å². The van der Waals surface area contributed by atoms with Crippen molar-refractivity contribution in [2.45, 2.75) is 13.3 Å². The van der Waals surface area contributed by atoms with Gasteiger partial charge in [0, 0.05) is 0 Å². The summed E-state index contributed by atoms with van der Waals surface area (Å²) in [6, 6.07) is 1.38. The molecule has 0 amide bonds. The summed E-state index contributed by atoms with van der Waals surface area (Å²) >= 11 is 0. The van der Waals surface area contributed by atoms with Crippen molar-refractivity contribution in [3.05, 3.63) is 33.4 Å². The predicted molar refractivity (Wildman–Crippen MR) is 49.7 cm³/mol. The molecule has 0 radical (unpaired) electrons. The SMILES string of the molecule is CC(=O)c1cc(O)cc(C(F)F)c1[N+](=O)[O-]. The molecule has 0 aliphatic rings. The third kappa shape index (κ3) is 2.13. The van der Waals surface area contributed by atoms with Crippen LogP contribution in [0.2, 0.25) is 0 Å². The molecule has 0 saturated carbocycles. The zero-order chi connectivity index (χ0) is 12.5. The number of rotatable bonds is 3. The summed E-state index contributed by atoms with van der Waals surface area (Å²) in [5.41, 5.74) is -2.45. The summed E-state index contributed by atoms with van der Waals surface area (Å²) in [5.74, 6) is -1.37. The molecular weight excluding hydrogens is 224 g/mol. The van der Waals surface area contributed by atoms with E-state index in [1.165, 1.54) is 0 Å². The molecule has 0 heterocycles. The summed E-state index contributed by atoms with van der Waals surface area (Å²) in [6.45, 7) is 0.997. The summed E-state index contributed by atoms with van der Waals surface area (Å²) in [4.78, 5) is 20.6. The van der Waals surface area contributed by atoms with E-state index in [2.05, 4.69) is 0 Å². The van der Waals surface area contributed by atoms with Gasteiger partial charge in [-0.15, -0.1) is 0 Å². The van der Waals surface area contributed by atoms with Gasteiger partial charge in [0.05, 0.1) is 16.1 Å². The molecule has 1 N–H and O–H groups in total. The normalized spacial score (nSPS) is 10.5. The first-order valence-corrected chi connectivity index (χ1v) is 4.15. The first-order chi connectivity index (χ1) is 7.34. The molecule has 0 atom stereocenters. The minimum atomic E-state index is -3.13. The number of hydrogen-bond donors (Lipinski definition) is 1. The van der Waals surface area contributed by atoms with E-state index in [0.29, 0.717) is 6.07 Å². The number of nitro benzene ring substituents is 1. The van der Waals surface area contributed by atoms with Crippen molar-refractivity contribution < 1.29 is 23.6 Å². The third-order valence-corrected chi connectivity index (χ3v) is 1.92.